The van der Waals surface area contributed by atoms with Crippen LogP contribution in [0.3, 0.4) is 0 Å². The molecule has 1 aromatic carbocycles. The van der Waals surface area contributed by atoms with Crippen molar-refractivity contribution in [3.05, 3.63) is 29.1 Å². The lowest BCUT2D eigenvalue weighted by Gasteiger charge is -2.10. The summed E-state index contributed by atoms with van der Waals surface area (Å²) >= 11 is 0. The summed E-state index contributed by atoms with van der Waals surface area (Å²) in [5.41, 5.74) is 0. The average Bonchev–Trinajstić information content (AvgIpc) is 2.36. The molecule has 8 heteroatoms. The molecule has 19 heavy (non-hydrogen) atoms. The molecule has 0 aliphatic carbocycles. The Hall–Kier alpha value is -1.70. The third-order valence-electron chi connectivity index (χ3n) is 1.92. The van der Waals surface area contributed by atoms with Gasteiger partial charge in [-0.3, -0.25) is 0 Å². The molecule has 0 bridgehead atoms. The third kappa shape index (κ3) is 3.40. The summed E-state index contributed by atoms with van der Waals surface area (Å²) in [6.07, 6.45) is -0.371. The van der Waals surface area contributed by atoms with Crippen LogP contribution in [0.4, 0.5) is 22.0 Å². The van der Waals surface area contributed by atoms with Crippen LogP contribution in [-0.4, -0.2) is 18.7 Å². The zero-order valence-corrected chi connectivity index (χ0v) is 9.90. The molecule has 0 saturated heterocycles. The van der Waals surface area contributed by atoms with Gasteiger partial charge in [-0.25, -0.2) is 18.0 Å². The van der Waals surface area contributed by atoms with E-state index in [1.54, 1.807) is 13.8 Å². The van der Waals surface area contributed by atoms with Crippen molar-refractivity contribution in [2.45, 2.75) is 20.0 Å². The van der Waals surface area contributed by atoms with E-state index in [4.69, 9.17) is 4.74 Å². The first-order valence-electron chi connectivity index (χ1n) is 5.09. The number of hydrogen-bond acceptors (Lipinski definition) is 3. The van der Waals surface area contributed by atoms with E-state index in [9.17, 15) is 26.7 Å². The molecule has 0 radical (unpaired) electrons. The quantitative estimate of drug-likeness (QED) is 0.280. The van der Waals surface area contributed by atoms with Gasteiger partial charge in [0.2, 0.25) is 34.8 Å². The Labute approximate surface area is 104 Å². The van der Waals surface area contributed by atoms with Crippen LogP contribution in [-0.2, 0) is 9.53 Å². The largest absolute Gasteiger partial charge is 0.418 e. The van der Waals surface area contributed by atoms with Gasteiger partial charge >= 0.3 is 5.97 Å². The lowest BCUT2D eigenvalue weighted by atomic mass is 10.2. The minimum Gasteiger partial charge on any atom is -0.418 e. The molecule has 0 saturated carbocycles. The number of halogens is 5. The topological polar surface area (TPSA) is 35.5 Å². The summed E-state index contributed by atoms with van der Waals surface area (Å²) in [6.45, 7) is 2.47. The lowest BCUT2D eigenvalue weighted by molar-refractivity contribution is -0.141. The summed E-state index contributed by atoms with van der Waals surface area (Å²) < 4.78 is 73.4. The Morgan fingerprint density at radius 2 is 1.37 bits per heavy atom. The van der Waals surface area contributed by atoms with Gasteiger partial charge in [0.05, 0.1) is 6.10 Å². The number of carbonyl (C=O) groups excluding carboxylic acids is 1. The van der Waals surface area contributed by atoms with E-state index < -0.39 is 47.4 Å². The maximum atomic E-state index is 13.1. The standard InChI is InChI=1S/C11H9F5O3/c1-4(2)18-3-5(17)19-11-9(15)7(13)6(12)8(14)10(11)16/h4H,3H2,1-2H3. The minimum atomic E-state index is -2.33. The molecular weight excluding hydrogens is 275 g/mol. The molecule has 0 aliphatic heterocycles. The molecule has 106 valence electrons. The molecule has 0 heterocycles. The summed E-state index contributed by atoms with van der Waals surface area (Å²) in [5.74, 6) is -14.1. The monoisotopic (exact) mass is 284 g/mol. The molecular formula is C11H9F5O3. The summed E-state index contributed by atoms with van der Waals surface area (Å²) in [4.78, 5) is 11.1. The molecule has 0 amide bonds. The van der Waals surface area contributed by atoms with Crippen molar-refractivity contribution in [2.24, 2.45) is 0 Å². The minimum absolute atomic E-state index is 0.371. The van der Waals surface area contributed by atoms with Crippen LogP contribution in [0.1, 0.15) is 13.8 Å². The smallest absolute Gasteiger partial charge is 0.337 e. The predicted octanol–water partition coefficient (Wildman–Crippen LogP) is 2.71. The van der Waals surface area contributed by atoms with Gasteiger partial charge in [-0.1, -0.05) is 0 Å². The zero-order chi connectivity index (χ0) is 14.7. The Morgan fingerprint density at radius 3 is 1.79 bits per heavy atom. The zero-order valence-electron chi connectivity index (χ0n) is 9.90. The van der Waals surface area contributed by atoms with E-state index in [1.807, 2.05) is 0 Å². The maximum Gasteiger partial charge on any atom is 0.337 e. The highest BCUT2D eigenvalue weighted by Crippen LogP contribution is 2.29. The van der Waals surface area contributed by atoms with Gasteiger partial charge in [-0.2, -0.15) is 8.78 Å². The second-order valence-electron chi connectivity index (χ2n) is 3.73. The number of hydrogen-bond donors (Lipinski definition) is 0. The molecule has 0 unspecified atom stereocenters. The maximum absolute atomic E-state index is 13.1. The van der Waals surface area contributed by atoms with Gasteiger partial charge in [-0.15, -0.1) is 0 Å². The van der Waals surface area contributed by atoms with E-state index in [0.717, 1.165) is 0 Å². The Bertz CT molecular complexity index is 473. The molecule has 0 spiro atoms. The van der Waals surface area contributed by atoms with Gasteiger partial charge in [0.25, 0.3) is 0 Å². The van der Waals surface area contributed by atoms with Crippen LogP contribution in [0.5, 0.6) is 5.75 Å². The Morgan fingerprint density at radius 1 is 0.947 bits per heavy atom. The first-order valence-corrected chi connectivity index (χ1v) is 5.09. The molecule has 0 aliphatic rings. The number of benzene rings is 1. The fraction of sp³-hybridized carbons (Fsp3) is 0.364. The van der Waals surface area contributed by atoms with Crippen LogP contribution < -0.4 is 4.74 Å². The highest BCUT2D eigenvalue weighted by atomic mass is 19.2. The van der Waals surface area contributed by atoms with Crippen LogP contribution >= 0.6 is 0 Å². The molecule has 1 rings (SSSR count). The predicted molar refractivity (Wildman–Crippen MR) is 53.0 cm³/mol. The number of esters is 1. The van der Waals surface area contributed by atoms with Gasteiger partial charge in [0, 0.05) is 0 Å². The SMILES string of the molecule is CC(C)OCC(=O)Oc1c(F)c(F)c(F)c(F)c1F. The van der Waals surface area contributed by atoms with E-state index in [0.29, 0.717) is 0 Å². The van der Waals surface area contributed by atoms with Crippen LogP contribution in [0.2, 0.25) is 0 Å². The van der Waals surface area contributed by atoms with Gasteiger partial charge in [0.1, 0.15) is 6.61 Å². The van der Waals surface area contributed by atoms with Crippen molar-refractivity contribution >= 4 is 5.97 Å². The van der Waals surface area contributed by atoms with E-state index >= 15 is 0 Å². The molecule has 0 aromatic heterocycles. The Balaban J connectivity index is 2.99. The number of carbonyl (C=O) groups is 1. The van der Waals surface area contributed by atoms with E-state index in [2.05, 4.69) is 4.74 Å². The highest BCUT2D eigenvalue weighted by Gasteiger charge is 2.28. The molecule has 0 N–H and O–H groups in total. The normalized spacial score (nSPS) is 10.9. The van der Waals surface area contributed by atoms with Crippen molar-refractivity contribution in [1.29, 1.82) is 0 Å². The fourth-order valence-electron chi connectivity index (χ4n) is 1.05. The lowest BCUT2D eigenvalue weighted by Crippen LogP contribution is -2.20. The van der Waals surface area contributed by atoms with Crippen LogP contribution in [0.15, 0.2) is 0 Å². The van der Waals surface area contributed by atoms with Crippen molar-refractivity contribution in [3.63, 3.8) is 0 Å². The Kier molecular flexibility index (Phi) is 4.82. The number of rotatable bonds is 4. The van der Waals surface area contributed by atoms with Crippen LogP contribution in [0.25, 0.3) is 0 Å². The number of ether oxygens (including phenoxy) is 2. The van der Waals surface area contributed by atoms with Crippen molar-refractivity contribution in [1.82, 2.24) is 0 Å². The summed E-state index contributed by atoms with van der Waals surface area (Å²) in [7, 11) is 0. The van der Waals surface area contributed by atoms with Gasteiger partial charge in [0.15, 0.2) is 0 Å². The third-order valence-corrected chi connectivity index (χ3v) is 1.92. The fourth-order valence-corrected chi connectivity index (χ4v) is 1.05. The average molecular weight is 284 g/mol. The van der Waals surface area contributed by atoms with Crippen molar-refractivity contribution in [3.8, 4) is 5.75 Å². The highest BCUT2D eigenvalue weighted by molar-refractivity contribution is 5.73. The molecule has 3 nitrogen and oxygen atoms in total. The van der Waals surface area contributed by atoms with Crippen molar-refractivity contribution in [2.75, 3.05) is 6.61 Å². The first kappa shape index (κ1) is 15.4. The molecule has 0 fully saturated rings. The second kappa shape index (κ2) is 5.96. The van der Waals surface area contributed by atoms with Gasteiger partial charge in [-0.05, 0) is 13.8 Å². The van der Waals surface area contributed by atoms with E-state index in [1.165, 1.54) is 0 Å². The van der Waals surface area contributed by atoms with Gasteiger partial charge < -0.3 is 9.47 Å². The van der Waals surface area contributed by atoms with E-state index in [-0.39, 0.29) is 6.10 Å². The summed E-state index contributed by atoms with van der Waals surface area (Å²) in [5, 5.41) is 0. The second-order valence-corrected chi connectivity index (χ2v) is 3.73. The summed E-state index contributed by atoms with van der Waals surface area (Å²) in [6, 6.07) is 0. The van der Waals surface area contributed by atoms with Crippen molar-refractivity contribution < 1.29 is 36.2 Å². The first-order chi connectivity index (χ1) is 8.75. The van der Waals surface area contributed by atoms with Crippen LogP contribution in [0, 0.1) is 29.1 Å². The molecule has 1 aromatic rings. The molecule has 0 atom stereocenters.